The largest absolute Gasteiger partial charge is 0.379 e. The molecule has 0 radical (unpaired) electrons. The van der Waals surface area contributed by atoms with Crippen LogP contribution in [0.4, 0.5) is 17.2 Å². The molecular weight excluding hydrogens is 274 g/mol. The van der Waals surface area contributed by atoms with Gasteiger partial charge in [0.2, 0.25) is 5.91 Å². The standard InChI is InChI=1S/C13H15N5O3/c1-17-9-7-12(16-17)15-13(19)6-8-14-10-4-2-3-5-11(10)18(20)21/h2-5,7,9,14H,6,8H2,1H3,(H,15,16,19). The molecule has 2 rings (SSSR count). The third-order valence-corrected chi connectivity index (χ3v) is 2.75. The summed E-state index contributed by atoms with van der Waals surface area (Å²) in [6.45, 7) is 0.295. The molecule has 8 heteroatoms. The number of carbonyl (C=O) groups is 1. The number of benzene rings is 1. The fourth-order valence-electron chi connectivity index (χ4n) is 1.78. The fourth-order valence-corrected chi connectivity index (χ4v) is 1.78. The lowest BCUT2D eigenvalue weighted by Crippen LogP contribution is -2.17. The molecule has 1 aromatic carbocycles. The summed E-state index contributed by atoms with van der Waals surface area (Å²) >= 11 is 0. The number of para-hydroxylation sites is 2. The van der Waals surface area contributed by atoms with Gasteiger partial charge in [0.05, 0.1) is 4.92 Å². The monoisotopic (exact) mass is 289 g/mol. The van der Waals surface area contributed by atoms with Crippen molar-refractivity contribution in [1.29, 1.82) is 0 Å². The van der Waals surface area contributed by atoms with Gasteiger partial charge in [0, 0.05) is 38.3 Å². The number of hydrogen-bond donors (Lipinski definition) is 2. The lowest BCUT2D eigenvalue weighted by atomic mass is 10.2. The van der Waals surface area contributed by atoms with Gasteiger partial charge in [-0.15, -0.1) is 0 Å². The van der Waals surface area contributed by atoms with Crippen LogP contribution in [0, 0.1) is 10.1 Å². The second-order valence-electron chi connectivity index (χ2n) is 4.37. The Morgan fingerprint density at radius 2 is 2.14 bits per heavy atom. The molecule has 1 heterocycles. The Bertz CT molecular complexity index is 653. The van der Waals surface area contributed by atoms with E-state index in [0.717, 1.165) is 0 Å². The highest BCUT2D eigenvalue weighted by atomic mass is 16.6. The molecule has 0 spiro atoms. The van der Waals surface area contributed by atoms with Crippen molar-refractivity contribution in [3.05, 3.63) is 46.6 Å². The van der Waals surface area contributed by atoms with E-state index in [1.807, 2.05) is 0 Å². The molecule has 0 saturated heterocycles. The molecular formula is C13H15N5O3. The number of amides is 1. The summed E-state index contributed by atoms with van der Waals surface area (Å²) in [7, 11) is 1.76. The highest BCUT2D eigenvalue weighted by Crippen LogP contribution is 2.22. The van der Waals surface area contributed by atoms with E-state index in [4.69, 9.17) is 0 Å². The number of carbonyl (C=O) groups excluding carboxylic acids is 1. The molecule has 1 aromatic heterocycles. The Balaban J connectivity index is 1.84. The van der Waals surface area contributed by atoms with Crippen LogP contribution in [0.3, 0.4) is 0 Å². The lowest BCUT2D eigenvalue weighted by Gasteiger charge is -2.06. The molecule has 0 unspecified atom stereocenters. The van der Waals surface area contributed by atoms with Gasteiger partial charge in [0.1, 0.15) is 5.69 Å². The summed E-state index contributed by atoms with van der Waals surface area (Å²) < 4.78 is 1.58. The minimum Gasteiger partial charge on any atom is -0.379 e. The quantitative estimate of drug-likeness (QED) is 0.623. The van der Waals surface area contributed by atoms with Gasteiger partial charge < -0.3 is 10.6 Å². The predicted octanol–water partition coefficient (Wildman–Crippen LogP) is 1.77. The van der Waals surface area contributed by atoms with Gasteiger partial charge in [-0.25, -0.2) is 0 Å². The first-order chi connectivity index (χ1) is 10.1. The summed E-state index contributed by atoms with van der Waals surface area (Å²) in [6.07, 6.45) is 1.91. The zero-order valence-corrected chi connectivity index (χ0v) is 11.4. The van der Waals surface area contributed by atoms with Crippen LogP contribution in [-0.4, -0.2) is 27.2 Å². The maximum absolute atomic E-state index is 11.7. The Morgan fingerprint density at radius 3 is 2.81 bits per heavy atom. The highest BCUT2D eigenvalue weighted by molar-refractivity contribution is 5.90. The maximum atomic E-state index is 11.7. The molecule has 0 aliphatic heterocycles. The van der Waals surface area contributed by atoms with Crippen LogP contribution in [0.25, 0.3) is 0 Å². The van der Waals surface area contributed by atoms with Gasteiger partial charge in [-0.05, 0) is 6.07 Å². The van der Waals surface area contributed by atoms with Crippen LogP contribution < -0.4 is 10.6 Å². The first-order valence-corrected chi connectivity index (χ1v) is 6.33. The predicted molar refractivity (Wildman–Crippen MR) is 78.0 cm³/mol. The number of nitro benzene ring substituents is 1. The minimum atomic E-state index is -0.462. The average Bonchev–Trinajstić information content (AvgIpc) is 2.84. The normalized spacial score (nSPS) is 10.1. The van der Waals surface area contributed by atoms with Crippen molar-refractivity contribution in [2.45, 2.75) is 6.42 Å². The van der Waals surface area contributed by atoms with Gasteiger partial charge in [0.15, 0.2) is 5.82 Å². The summed E-state index contributed by atoms with van der Waals surface area (Å²) in [6, 6.07) is 8.00. The number of nitrogens with zero attached hydrogens (tertiary/aromatic N) is 3. The van der Waals surface area contributed by atoms with E-state index in [2.05, 4.69) is 15.7 Å². The van der Waals surface area contributed by atoms with Gasteiger partial charge in [-0.1, -0.05) is 12.1 Å². The summed E-state index contributed by atoms with van der Waals surface area (Å²) in [5.74, 6) is 0.271. The van der Waals surface area contributed by atoms with Crippen LogP contribution in [0.2, 0.25) is 0 Å². The summed E-state index contributed by atoms with van der Waals surface area (Å²) in [5.41, 5.74) is 0.385. The third-order valence-electron chi connectivity index (χ3n) is 2.75. The molecule has 110 valence electrons. The molecule has 0 aliphatic rings. The van der Waals surface area contributed by atoms with E-state index in [0.29, 0.717) is 18.1 Å². The third kappa shape index (κ3) is 4.03. The second kappa shape index (κ2) is 6.51. The minimum absolute atomic E-state index is 0.0114. The molecule has 0 bridgehead atoms. The first-order valence-electron chi connectivity index (χ1n) is 6.33. The highest BCUT2D eigenvalue weighted by Gasteiger charge is 2.12. The number of nitrogens with one attached hydrogen (secondary N) is 2. The summed E-state index contributed by atoms with van der Waals surface area (Å²) in [4.78, 5) is 22.1. The van der Waals surface area contributed by atoms with Crippen molar-refractivity contribution in [3.8, 4) is 0 Å². The van der Waals surface area contributed by atoms with Crippen molar-refractivity contribution in [2.75, 3.05) is 17.2 Å². The average molecular weight is 289 g/mol. The van der Waals surface area contributed by atoms with E-state index >= 15 is 0 Å². The lowest BCUT2D eigenvalue weighted by molar-refractivity contribution is -0.384. The van der Waals surface area contributed by atoms with Gasteiger partial charge in [-0.2, -0.15) is 5.10 Å². The van der Waals surface area contributed by atoms with Crippen molar-refractivity contribution in [2.24, 2.45) is 7.05 Å². The Labute approximate surface area is 120 Å². The first kappa shape index (κ1) is 14.5. The Kier molecular flexibility index (Phi) is 4.50. The maximum Gasteiger partial charge on any atom is 0.292 e. The number of nitro groups is 1. The molecule has 21 heavy (non-hydrogen) atoms. The molecule has 2 N–H and O–H groups in total. The van der Waals surface area contributed by atoms with Crippen LogP contribution in [0.5, 0.6) is 0 Å². The van der Waals surface area contributed by atoms with Crippen molar-refractivity contribution >= 4 is 23.1 Å². The zero-order chi connectivity index (χ0) is 15.2. The SMILES string of the molecule is Cn1ccc(NC(=O)CCNc2ccccc2[N+](=O)[O-])n1. The number of aryl methyl sites for hydroxylation is 1. The molecule has 8 nitrogen and oxygen atoms in total. The smallest absolute Gasteiger partial charge is 0.292 e. The van der Waals surface area contributed by atoms with Gasteiger partial charge >= 0.3 is 0 Å². The molecule has 0 fully saturated rings. The molecule has 0 aliphatic carbocycles. The number of hydrogen-bond acceptors (Lipinski definition) is 5. The van der Waals surface area contributed by atoms with Gasteiger partial charge in [0.25, 0.3) is 5.69 Å². The molecule has 1 amide bonds. The molecule has 2 aromatic rings. The van der Waals surface area contributed by atoms with E-state index in [-0.39, 0.29) is 18.0 Å². The summed E-state index contributed by atoms with van der Waals surface area (Å²) in [5, 5.41) is 20.4. The van der Waals surface area contributed by atoms with E-state index < -0.39 is 4.92 Å². The van der Waals surface area contributed by atoms with Gasteiger partial charge in [-0.3, -0.25) is 19.6 Å². The van der Waals surface area contributed by atoms with Crippen molar-refractivity contribution in [3.63, 3.8) is 0 Å². The Hall–Kier alpha value is -2.90. The van der Waals surface area contributed by atoms with Crippen molar-refractivity contribution in [1.82, 2.24) is 9.78 Å². The Morgan fingerprint density at radius 1 is 1.38 bits per heavy atom. The fraction of sp³-hybridized carbons (Fsp3) is 0.231. The van der Waals surface area contributed by atoms with Crippen LogP contribution in [-0.2, 0) is 11.8 Å². The molecule has 0 atom stereocenters. The number of anilines is 2. The molecule has 0 saturated carbocycles. The number of aromatic nitrogens is 2. The van der Waals surface area contributed by atoms with Crippen LogP contribution >= 0.6 is 0 Å². The van der Waals surface area contributed by atoms with Crippen molar-refractivity contribution < 1.29 is 9.72 Å². The van der Waals surface area contributed by atoms with E-state index in [1.54, 1.807) is 42.2 Å². The van der Waals surface area contributed by atoms with E-state index in [1.165, 1.54) is 6.07 Å². The van der Waals surface area contributed by atoms with Crippen LogP contribution in [0.1, 0.15) is 6.42 Å². The second-order valence-corrected chi connectivity index (χ2v) is 4.37. The van der Waals surface area contributed by atoms with E-state index in [9.17, 15) is 14.9 Å². The number of rotatable bonds is 6. The topological polar surface area (TPSA) is 102 Å². The zero-order valence-electron chi connectivity index (χ0n) is 11.4. The van der Waals surface area contributed by atoms with Crippen LogP contribution in [0.15, 0.2) is 36.5 Å².